The van der Waals surface area contributed by atoms with Gasteiger partial charge in [0, 0.05) is 21.3 Å². The zero-order chi connectivity index (χ0) is 15.4. The Morgan fingerprint density at radius 3 is 2.67 bits per heavy atom. The van der Waals surface area contributed by atoms with Gasteiger partial charge in [-0.3, -0.25) is 4.79 Å². The van der Waals surface area contributed by atoms with E-state index in [1.54, 1.807) is 43.3 Å². The summed E-state index contributed by atoms with van der Waals surface area (Å²) in [4.78, 5) is 11.8. The van der Waals surface area contributed by atoms with E-state index < -0.39 is 0 Å². The average Bonchev–Trinajstić information content (AvgIpc) is 2.44. The van der Waals surface area contributed by atoms with Gasteiger partial charge in [-0.15, -0.1) is 0 Å². The molecule has 0 saturated heterocycles. The first-order chi connectivity index (χ1) is 9.97. The second-order valence-electron chi connectivity index (χ2n) is 4.48. The SMILES string of the molecule is Cc1cc(Br)cc(/C=N\NC(=O)c2ccc(N)cc2)c1O. The zero-order valence-electron chi connectivity index (χ0n) is 11.3. The van der Waals surface area contributed by atoms with E-state index in [1.165, 1.54) is 6.21 Å². The minimum absolute atomic E-state index is 0.128. The molecular formula is C15H14BrN3O2. The van der Waals surface area contributed by atoms with Crippen LogP contribution in [0.1, 0.15) is 21.5 Å². The van der Waals surface area contributed by atoms with Crippen molar-refractivity contribution in [3.63, 3.8) is 0 Å². The van der Waals surface area contributed by atoms with Gasteiger partial charge < -0.3 is 10.8 Å². The highest BCUT2D eigenvalue weighted by atomic mass is 79.9. The van der Waals surface area contributed by atoms with Crippen LogP contribution in [0, 0.1) is 6.92 Å². The number of nitrogens with two attached hydrogens (primary N) is 1. The maximum absolute atomic E-state index is 11.8. The standard InChI is InChI=1S/C15H14BrN3O2/c1-9-6-12(16)7-11(14(9)20)8-18-19-15(21)10-2-4-13(17)5-3-10/h2-8,20H,17H2,1H3,(H,19,21)/b18-8-. The summed E-state index contributed by atoms with van der Waals surface area (Å²) >= 11 is 3.34. The number of phenolic OH excluding ortho intramolecular Hbond substituents is 1. The Kier molecular flexibility index (Phi) is 4.59. The molecule has 0 fully saturated rings. The number of aryl methyl sites for hydroxylation is 1. The van der Waals surface area contributed by atoms with Crippen molar-refractivity contribution >= 4 is 33.7 Å². The van der Waals surface area contributed by atoms with Gasteiger partial charge in [-0.2, -0.15) is 5.10 Å². The first-order valence-electron chi connectivity index (χ1n) is 6.15. The van der Waals surface area contributed by atoms with Gasteiger partial charge in [-0.05, 0) is 48.9 Å². The van der Waals surface area contributed by atoms with Gasteiger partial charge >= 0.3 is 0 Å². The van der Waals surface area contributed by atoms with Gasteiger partial charge in [0.05, 0.1) is 6.21 Å². The molecule has 0 aliphatic carbocycles. The molecule has 4 N–H and O–H groups in total. The van der Waals surface area contributed by atoms with Gasteiger partial charge in [0.1, 0.15) is 5.75 Å². The van der Waals surface area contributed by atoms with Crippen molar-refractivity contribution in [1.82, 2.24) is 5.43 Å². The second kappa shape index (κ2) is 6.41. The summed E-state index contributed by atoms with van der Waals surface area (Å²) in [6.07, 6.45) is 1.39. The molecule has 6 heteroatoms. The lowest BCUT2D eigenvalue weighted by Gasteiger charge is -2.04. The van der Waals surface area contributed by atoms with E-state index in [4.69, 9.17) is 5.73 Å². The van der Waals surface area contributed by atoms with Crippen LogP contribution in [0.5, 0.6) is 5.75 Å². The molecule has 0 saturated carbocycles. The molecular weight excluding hydrogens is 334 g/mol. The van der Waals surface area contributed by atoms with E-state index in [1.807, 2.05) is 0 Å². The van der Waals surface area contributed by atoms with Crippen molar-refractivity contribution < 1.29 is 9.90 Å². The van der Waals surface area contributed by atoms with E-state index in [0.29, 0.717) is 16.8 Å². The number of halogens is 1. The van der Waals surface area contributed by atoms with E-state index >= 15 is 0 Å². The van der Waals surface area contributed by atoms with Crippen LogP contribution in [0.4, 0.5) is 5.69 Å². The molecule has 0 unspecified atom stereocenters. The molecule has 2 rings (SSSR count). The number of aromatic hydroxyl groups is 1. The Balaban J connectivity index is 2.09. The Morgan fingerprint density at radius 1 is 1.33 bits per heavy atom. The maximum Gasteiger partial charge on any atom is 0.271 e. The highest BCUT2D eigenvalue weighted by molar-refractivity contribution is 9.10. The summed E-state index contributed by atoms with van der Waals surface area (Å²) in [6, 6.07) is 10.0. The summed E-state index contributed by atoms with van der Waals surface area (Å²) in [5.41, 5.74) is 10.2. The van der Waals surface area contributed by atoms with Gasteiger partial charge in [-0.25, -0.2) is 5.43 Å². The fourth-order valence-corrected chi connectivity index (χ4v) is 2.31. The number of carbonyl (C=O) groups excluding carboxylic acids is 1. The van der Waals surface area contributed by atoms with Crippen LogP contribution in [0.25, 0.3) is 0 Å². The highest BCUT2D eigenvalue weighted by Crippen LogP contribution is 2.25. The Morgan fingerprint density at radius 2 is 2.00 bits per heavy atom. The van der Waals surface area contributed by atoms with Gasteiger partial charge in [0.15, 0.2) is 0 Å². The molecule has 0 heterocycles. The topological polar surface area (TPSA) is 87.7 Å². The van der Waals surface area contributed by atoms with Crippen LogP contribution < -0.4 is 11.2 Å². The Bertz CT molecular complexity index is 697. The summed E-state index contributed by atoms with van der Waals surface area (Å²) in [5.74, 6) is -0.221. The monoisotopic (exact) mass is 347 g/mol. The maximum atomic E-state index is 11.8. The first-order valence-corrected chi connectivity index (χ1v) is 6.94. The van der Waals surface area contributed by atoms with Crippen LogP contribution in [-0.4, -0.2) is 17.2 Å². The summed E-state index contributed by atoms with van der Waals surface area (Å²) < 4.78 is 0.823. The van der Waals surface area contributed by atoms with Crippen LogP contribution in [0.2, 0.25) is 0 Å². The third-order valence-corrected chi connectivity index (χ3v) is 3.30. The number of hydrazone groups is 1. The molecule has 108 valence electrons. The summed E-state index contributed by atoms with van der Waals surface area (Å²) in [6.45, 7) is 1.78. The van der Waals surface area contributed by atoms with E-state index in [9.17, 15) is 9.90 Å². The molecule has 21 heavy (non-hydrogen) atoms. The zero-order valence-corrected chi connectivity index (χ0v) is 12.9. The minimum atomic E-state index is -0.350. The second-order valence-corrected chi connectivity index (χ2v) is 5.40. The third-order valence-electron chi connectivity index (χ3n) is 2.84. The number of nitrogen functional groups attached to an aromatic ring is 1. The van der Waals surface area contributed by atoms with Crippen molar-refractivity contribution in [3.8, 4) is 5.75 Å². The van der Waals surface area contributed by atoms with E-state index in [-0.39, 0.29) is 11.7 Å². The normalized spacial score (nSPS) is 10.8. The predicted molar refractivity (Wildman–Crippen MR) is 86.5 cm³/mol. The molecule has 0 aromatic heterocycles. The quantitative estimate of drug-likeness (QED) is 0.453. The number of nitrogens with zero attached hydrogens (tertiary/aromatic N) is 1. The van der Waals surface area contributed by atoms with Crippen LogP contribution in [-0.2, 0) is 0 Å². The van der Waals surface area contributed by atoms with Crippen molar-refractivity contribution in [2.75, 3.05) is 5.73 Å². The van der Waals surface area contributed by atoms with Crippen molar-refractivity contribution in [3.05, 3.63) is 57.6 Å². The highest BCUT2D eigenvalue weighted by Gasteiger charge is 2.05. The number of rotatable bonds is 3. The number of anilines is 1. The largest absolute Gasteiger partial charge is 0.507 e. The Hall–Kier alpha value is -2.34. The molecule has 0 atom stereocenters. The van der Waals surface area contributed by atoms with Crippen molar-refractivity contribution in [2.45, 2.75) is 6.92 Å². The summed E-state index contributed by atoms with van der Waals surface area (Å²) in [7, 11) is 0. The third kappa shape index (κ3) is 3.82. The Labute approximate surface area is 130 Å². The van der Waals surface area contributed by atoms with Gasteiger partial charge in [0.25, 0.3) is 5.91 Å². The number of carbonyl (C=O) groups is 1. The van der Waals surface area contributed by atoms with Crippen LogP contribution >= 0.6 is 15.9 Å². The lowest BCUT2D eigenvalue weighted by atomic mass is 10.1. The lowest BCUT2D eigenvalue weighted by Crippen LogP contribution is -2.17. The molecule has 0 spiro atoms. The lowest BCUT2D eigenvalue weighted by molar-refractivity contribution is 0.0955. The minimum Gasteiger partial charge on any atom is -0.507 e. The molecule has 0 aliphatic rings. The number of phenols is 1. The van der Waals surface area contributed by atoms with Crippen LogP contribution in [0.15, 0.2) is 46.0 Å². The molecule has 2 aromatic rings. The van der Waals surface area contributed by atoms with Gasteiger partial charge in [0.2, 0.25) is 0 Å². The molecule has 0 radical (unpaired) electrons. The molecule has 5 nitrogen and oxygen atoms in total. The first kappa shape index (κ1) is 15.1. The summed E-state index contributed by atoms with van der Waals surface area (Å²) in [5, 5.41) is 13.7. The number of benzene rings is 2. The van der Waals surface area contributed by atoms with E-state index in [2.05, 4.69) is 26.5 Å². The smallest absolute Gasteiger partial charge is 0.271 e. The molecule has 1 amide bonds. The van der Waals surface area contributed by atoms with Crippen molar-refractivity contribution in [1.29, 1.82) is 0 Å². The number of nitrogens with one attached hydrogen (secondary N) is 1. The fraction of sp³-hybridized carbons (Fsp3) is 0.0667. The average molecular weight is 348 g/mol. The predicted octanol–water partition coefficient (Wildman–Crippen LogP) is 2.81. The van der Waals surface area contributed by atoms with Crippen LogP contribution in [0.3, 0.4) is 0 Å². The fourth-order valence-electron chi connectivity index (χ4n) is 1.72. The number of amides is 1. The molecule has 0 aliphatic heterocycles. The van der Waals surface area contributed by atoms with Gasteiger partial charge in [-0.1, -0.05) is 15.9 Å². The molecule has 2 aromatic carbocycles. The molecule has 0 bridgehead atoms. The number of hydrogen-bond donors (Lipinski definition) is 3. The van der Waals surface area contributed by atoms with Crippen molar-refractivity contribution in [2.24, 2.45) is 5.10 Å². The van der Waals surface area contributed by atoms with E-state index in [0.717, 1.165) is 10.0 Å². The number of hydrogen-bond acceptors (Lipinski definition) is 4.